The first-order valence-corrected chi connectivity index (χ1v) is 12.5. The van der Waals surface area contributed by atoms with E-state index >= 15 is 0 Å². The van der Waals surface area contributed by atoms with Crippen LogP contribution in [0.4, 0.5) is 20.2 Å². The molecule has 3 rings (SSSR count). The van der Waals surface area contributed by atoms with Gasteiger partial charge in [-0.15, -0.1) is 0 Å². The van der Waals surface area contributed by atoms with Gasteiger partial charge in [-0.25, -0.2) is 25.6 Å². The summed E-state index contributed by atoms with van der Waals surface area (Å²) < 4.78 is 95.0. The van der Waals surface area contributed by atoms with Crippen LogP contribution in [0.2, 0.25) is 0 Å². The molecule has 9 nitrogen and oxygen atoms in total. The van der Waals surface area contributed by atoms with Crippen molar-refractivity contribution < 1.29 is 39.8 Å². The van der Waals surface area contributed by atoms with Crippen molar-refractivity contribution in [3.05, 3.63) is 66.7 Å². The van der Waals surface area contributed by atoms with E-state index in [1.54, 1.807) is 0 Å². The molecule has 0 aliphatic heterocycles. The number of rotatable bonds is 11. The first-order chi connectivity index (χ1) is 16.2. The lowest BCUT2D eigenvalue weighted by Crippen LogP contribution is -2.17. The molecular formula is C21H20F2N2O7S2. The number of anilines is 2. The number of hydrogen-bond acceptors (Lipinski definition) is 7. The van der Waals surface area contributed by atoms with Gasteiger partial charge in [-0.2, -0.15) is 0 Å². The van der Waals surface area contributed by atoms with Crippen molar-refractivity contribution in [1.29, 1.82) is 0 Å². The summed E-state index contributed by atoms with van der Waals surface area (Å²) >= 11 is 0. The molecule has 182 valence electrons. The Bertz CT molecular complexity index is 1330. The van der Waals surface area contributed by atoms with Crippen molar-refractivity contribution in [2.45, 2.75) is 9.79 Å². The number of halogens is 2. The Morgan fingerprint density at radius 3 is 1.47 bits per heavy atom. The third-order valence-corrected chi connectivity index (χ3v) is 7.19. The Labute approximate surface area is 195 Å². The van der Waals surface area contributed by atoms with Gasteiger partial charge in [0.2, 0.25) is 13.7 Å². The Kier molecular flexibility index (Phi) is 7.79. The van der Waals surface area contributed by atoms with E-state index in [1.807, 2.05) is 0 Å². The summed E-state index contributed by atoms with van der Waals surface area (Å²) in [5, 5.41) is 0. The maximum atomic E-state index is 12.9. The van der Waals surface area contributed by atoms with Gasteiger partial charge in [-0.05, 0) is 60.7 Å². The van der Waals surface area contributed by atoms with Crippen LogP contribution in [0.1, 0.15) is 0 Å². The average Bonchev–Trinajstić information content (AvgIpc) is 2.81. The van der Waals surface area contributed by atoms with E-state index in [0.29, 0.717) is 0 Å². The van der Waals surface area contributed by atoms with E-state index in [1.165, 1.54) is 73.8 Å². The minimum absolute atomic E-state index is 0.0779. The number of nitrogens with one attached hydrogen (secondary N) is 2. The van der Waals surface area contributed by atoms with Crippen LogP contribution in [0.5, 0.6) is 17.2 Å². The second-order valence-electron chi connectivity index (χ2n) is 6.57. The molecule has 0 aliphatic carbocycles. The molecule has 0 saturated heterocycles. The quantitative estimate of drug-likeness (QED) is 0.398. The molecule has 34 heavy (non-hydrogen) atoms. The highest BCUT2D eigenvalue weighted by Gasteiger charge is 2.21. The van der Waals surface area contributed by atoms with Gasteiger partial charge in [-0.1, -0.05) is 0 Å². The van der Waals surface area contributed by atoms with E-state index < -0.39 is 33.8 Å². The SMILES string of the molecule is COc1ccc(NS(=O)(=O)c2ccc(OCF)cc2)c(NS(=O)(=O)c2ccc(OCF)cc2)c1. The summed E-state index contributed by atoms with van der Waals surface area (Å²) in [5.41, 5.74) is -0.185. The Hall–Kier alpha value is -3.58. The van der Waals surface area contributed by atoms with Gasteiger partial charge in [0.25, 0.3) is 20.0 Å². The largest absolute Gasteiger partial charge is 0.497 e. The number of alkyl halides is 2. The van der Waals surface area contributed by atoms with Crippen LogP contribution in [0.25, 0.3) is 0 Å². The molecule has 0 aliphatic rings. The fraction of sp³-hybridized carbons (Fsp3) is 0.143. The van der Waals surface area contributed by atoms with Crippen molar-refractivity contribution in [3.8, 4) is 17.2 Å². The van der Waals surface area contributed by atoms with Crippen molar-refractivity contribution in [1.82, 2.24) is 0 Å². The van der Waals surface area contributed by atoms with Crippen LogP contribution in [-0.2, 0) is 20.0 Å². The fourth-order valence-electron chi connectivity index (χ4n) is 2.79. The number of methoxy groups -OCH3 is 1. The van der Waals surface area contributed by atoms with Gasteiger partial charge in [0, 0.05) is 6.07 Å². The van der Waals surface area contributed by atoms with Gasteiger partial charge in [-0.3, -0.25) is 9.44 Å². The standard InChI is InChI=1S/C21H20F2N2O7S2/c1-30-17-6-11-20(24-33(26,27)18-7-2-15(3-8-18)31-13-22)21(12-17)25-34(28,29)19-9-4-16(5-10-19)32-14-23/h2-12,24-25H,13-14H2,1H3. The lowest BCUT2D eigenvalue weighted by Gasteiger charge is -2.16. The third-order valence-electron chi connectivity index (χ3n) is 4.43. The molecule has 0 heterocycles. The topological polar surface area (TPSA) is 120 Å². The molecule has 0 saturated carbocycles. The Morgan fingerprint density at radius 2 is 1.06 bits per heavy atom. The second-order valence-corrected chi connectivity index (χ2v) is 9.94. The Balaban J connectivity index is 1.91. The summed E-state index contributed by atoms with van der Waals surface area (Å²) in [6.07, 6.45) is 0. The molecule has 2 N–H and O–H groups in total. The second kappa shape index (κ2) is 10.6. The predicted molar refractivity (Wildman–Crippen MR) is 121 cm³/mol. The van der Waals surface area contributed by atoms with Crippen molar-refractivity contribution in [2.24, 2.45) is 0 Å². The molecule has 0 fully saturated rings. The van der Waals surface area contributed by atoms with Gasteiger partial charge in [0.15, 0.2) is 0 Å². The number of ether oxygens (including phenoxy) is 3. The maximum absolute atomic E-state index is 12.9. The zero-order valence-corrected chi connectivity index (χ0v) is 19.3. The van der Waals surface area contributed by atoms with Gasteiger partial charge < -0.3 is 14.2 Å². The maximum Gasteiger partial charge on any atom is 0.261 e. The normalized spacial score (nSPS) is 11.5. The molecule has 0 bridgehead atoms. The van der Waals surface area contributed by atoms with E-state index in [-0.39, 0.29) is 38.4 Å². The minimum atomic E-state index is -4.17. The first-order valence-electron chi connectivity index (χ1n) is 9.50. The monoisotopic (exact) mass is 514 g/mol. The van der Waals surface area contributed by atoms with Gasteiger partial charge >= 0.3 is 0 Å². The van der Waals surface area contributed by atoms with E-state index in [9.17, 15) is 25.6 Å². The molecular weight excluding hydrogens is 494 g/mol. The molecule has 13 heteroatoms. The van der Waals surface area contributed by atoms with Gasteiger partial charge in [0.1, 0.15) is 17.2 Å². The van der Waals surface area contributed by atoms with Crippen LogP contribution >= 0.6 is 0 Å². The lowest BCUT2D eigenvalue weighted by atomic mass is 10.2. The van der Waals surface area contributed by atoms with Crippen LogP contribution in [-0.4, -0.2) is 37.7 Å². The zero-order chi connectivity index (χ0) is 24.8. The zero-order valence-electron chi connectivity index (χ0n) is 17.7. The molecule has 0 atom stereocenters. The summed E-state index contributed by atoms with van der Waals surface area (Å²) in [6, 6.07) is 14.0. The van der Waals surface area contributed by atoms with E-state index in [2.05, 4.69) is 18.9 Å². The van der Waals surface area contributed by atoms with E-state index in [0.717, 1.165) is 0 Å². The fourth-order valence-corrected chi connectivity index (χ4v) is 4.94. The highest BCUT2D eigenvalue weighted by atomic mass is 32.2. The Morgan fingerprint density at radius 1 is 0.647 bits per heavy atom. The van der Waals surface area contributed by atoms with Crippen molar-refractivity contribution >= 4 is 31.4 Å². The van der Waals surface area contributed by atoms with Crippen LogP contribution < -0.4 is 23.7 Å². The molecule has 0 radical (unpaired) electrons. The first kappa shape index (κ1) is 25.1. The van der Waals surface area contributed by atoms with Crippen LogP contribution in [0.3, 0.4) is 0 Å². The highest BCUT2D eigenvalue weighted by molar-refractivity contribution is 7.93. The summed E-state index contributed by atoms with van der Waals surface area (Å²) in [5.74, 6) is 0.543. The molecule has 0 amide bonds. The predicted octanol–water partition coefficient (Wildman–Crippen LogP) is 3.91. The summed E-state index contributed by atoms with van der Waals surface area (Å²) in [7, 11) is -6.95. The van der Waals surface area contributed by atoms with Crippen molar-refractivity contribution in [3.63, 3.8) is 0 Å². The smallest absolute Gasteiger partial charge is 0.261 e. The summed E-state index contributed by atoms with van der Waals surface area (Å²) in [6.45, 7) is -2.13. The highest BCUT2D eigenvalue weighted by Crippen LogP contribution is 2.31. The molecule has 3 aromatic carbocycles. The molecule has 0 spiro atoms. The minimum Gasteiger partial charge on any atom is -0.497 e. The third kappa shape index (κ3) is 6.05. The average molecular weight is 515 g/mol. The molecule has 3 aromatic rings. The molecule has 0 aromatic heterocycles. The van der Waals surface area contributed by atoms with Crippen LogP contribution in [0, 0.1) is 0 Å². The van der Waals surface area contributed by atoms with Gasteiger partial charge in [0.05, 0.1) is 28.3 Å². The summed E-state index contributed by atoms with van der Waals surface area (Å²) in [4.78, 5) is -0.328. The number of benzene rings is 3. The lowest BCUT2D eigenvalue weighted by molar-refractivity contribution is 0.191. The van der Waals surface area contributed by atoms with Crippen LogP contribution in [0.15, 0.2) is 76.5 Å². The number of sulfonamides is 2. The van der Waals surface area contributed by atoms with E-state index in [4.69, 9.17) is 4.74 Å². The molecule has 0 unspecified atom stereocenters. The van der Waals surface area contributed by atoms with Crippen molar-refractivity contribution in [2.75, 3.05) is 30.3 Å². The number of hydrogen-bond donors (Lipinski definition) is 2.